The van der Waals surface area contributed by atoms with E-state index in [1.807, 2.05) is 27.7 Å². The lowest BCUT2D eigenvalue weighted by Gasteiger charge is -2.47. The van der Waals surface area contributed by atoms with Crippen LogP contribution in [-0.2, 0) is 101 Å². The number of epoxide rings is 5. The molecule has 2 aromatic rings. The molecule has 100 heavy (non-hydrogen) atoms. The second kappa shape index (κ2) is 32.1. The minimum atomic E-state index is -2.02. The van der Waals surface area contributed by atoms with Crippen LogP contribution in [0.15, 0.2) is 28.8 Å². The molecule has 8 heterocycles. The number of aromatic nitrogens is 6. The highest BCUT2D eigenvalue weighted by Crippen LogP contribution is 2.40. The van der Waals surface area contributed by atoms with E-state index in [2.05, 4.69) is 0 Å². The molecule has 6 saturated heterocycles. The summed E-state index contributed by atoms with van der Waals surface area (Å²) in [7, 11) is 0. The largest absolute Gasteiger partial charge is 0.463 e. The fourth-order valence-corrected chi connectivity index (χ4v) is 13.7. The van der Waals surface area contributed by atoms with Crippen LogP contribution in [0.1, 0.15) is 125 Å². The van der Waals surface area contributed by atoms with Crippen LogP contribution < -0.4 is 34.1 Å². The maximum atomic E-state index is 14.6. The zero-order valence-electron chi connectivity index (χ0n) is 57.6. The number of unbranched alkanes of at least 4 members (excludes halogenated alkanes) is 2. The van der Waals surface area contributed by atoms with E-state index in [0.717, 1.165) is 32.6 Å². The first-order valence-electron chi connectivity index (χ1n) is 35.1. The molecule has 35 nitrogen and oxygen atoms in total. The van der Waals surface area contributed by atoms with Gasteiger partial charge in [-0.15, -0.1) is 0 Å². The summed E-state index contributed by atoms with van der Waals surface area (Å²) >= 11 is 0. The van der Waals surface area contributed by atoms with E-state index in [1.165, 1.54) is 6.92 Å². The van der Waals surface area contributed by atoms with Crippen LogP contribution in [0.3, 0.4) is 0 Å². The first kappa shape index (κ1) is 75.7. The van der Waals surface area contributed by atoms with Gasteiger partial charge in [-0.1, -0.05) is 40.5 Å². The first-order valence-corrected chi connectivity index (χ1v) is 35.1. The average Bonchev–Trinajstić information content (AvgIpc) is 1.41. The molecule has 0 radical (unpaired) electrons. The third-order valence-corrected chi connectivity index (χ3v) is 20.2. The lowest BCUT2D eigenvalue weighted by molar-refractivity contribution is -0.188. The number of β-amino-alcohol motifs (C(OH)–C–C–N with tert-alkyl or cyclic N) is 2. The second-order valence-corrected chi connectivity index (χ2v) is 29.0. The van der Waals surface area contributed by atoms with Gasteiger partial charge in [-0.2, -0.15) is 0 Å². The number of aliphatic hydroxyl groups excluding tert-OH is 5. The van der Waals surface area contributed by atoms with Crippen LogP contribution in [0.25, 0.3) is 0 Å². The molecule has 6 aliphatic heterocycles. The van der Waals surface area contributed by atoms with Crippen LogP contribution in [-0.4, -0.2) is 242 Å². The Hall–Kier alpha value is -6.96. The first-order chi connectivity index (χ1) is 47.5. The maximum absolute atomic E-state index is 14.6. The van der Waals surface area contributed by atoms with E-state index in [1.54, 1.807) is 6.92 Å². The molecule has 8 aliphatic rings. The number of aliphatic hydroxyl groups is 5. The third kappa shape index (κ3) is 18.6. The van der Waals surface area contributed by atoms with Crippen LogP contribution in [0, 0.1) is 35.5 Å². The predicted molar refractivity (Wildman–Crippen MR) is 343 cm³/mol. The Morgan fingerprint density at radius 1 is 0.470 bits per heavy atom. The molecule has 10 rings (SSSR count). The zero-order chi connectivity index (χ0) is 72.2. The SMILES string of the molecule is CCCCC(C)(CC(O)Cn1c(=O)n(CC2CO2)c(=O)n(CC2CO2)c1=O)OC(=O)C1CC(C)CCC1C(=O)OCC(O)CN1C(=O)N(CC2CO2)C(O)N(CC(O)C(C)(CCCC)OC(=O)C2CC(C)CCC2C(=O)OCC(O)Cn2c(=O)n(CC3CO3)c(=O)n(CC3CO3)c2=O)C1=O. The van der Waals surface area contributed by atoms with Crippen LogP contribution in [0.5, 0.6) is 0 Å². The topological polar surface area (TPSA) is 445 Å². The molecule has 558 valence electrons. The number of nitrogens with zero attached hydrogens (tertiary/aromatic N) is 9. The molecular weight excluding hydrogens is 1320 g/mol. The fraction of sp³-hybridized carbons (Fsp3) is 0.815. The van der Waals surface area contributed by atoms with Gasteiger partial charge in [0.2, 0.25) is 6.35 Å². The molecular formula is C65H97N9O26. The molecule has 5 N–H and O–H groups in total. The second-order valence-electron chi connectivity index (χ2n) is 29.0. The monoisotopic (exact) mass is 1420 g/mol. The lowest BCUT2D eigenvalue weighted by Crippen LogP contribution is -2.69. The Balaban J connectivity index is 0.770. The van der Waals surface area contributed by atoms with E-state index < -0.39 is 206 Å². The Morgan fingerprint density at radius 3 is 1.26 bits per heavy atom. The van der Waals surface area contributed by atoms with Crippen molar-refractivity contribution in [3.8, 4) is 0 Å². The van der Waals surface area contributed by atoms with Crippen molar-refractivity contribution in [3.05, 3.63) is 62.9 Å². The van der Waals surface area contributed by atoms with E-state index in [4.69, 9.17) is 42.6 Å². The van der Waals surface area contributed by atoms with Crippen LogP contribution >= 0.6 is 0 Å². The van der Waals surface area contributed by atoms with Gasteiger partial charge in [0, 0.05) is 6.42 Å². The molecule has 18 atom stereocenters. The van der Waals surface area contributed by atoms with Crippen molar-refractivity contribution in [1.29, 1.82) is 0 Å². The quantitative estimate of drug-likeness (QED) is 0.0272. The number of hydrogen-bond acceptors (Lipinski definition) is 26. The molecule has 8 fully saturated rings. The smallest absolute Gasteiger partial charge is 0.336 e. The van der Waals surface area contributed by atoms with Gasteiger partial charge < -0.3 is 68.2 Å². The number of ether oxygens (including phenoxy) is 9. The van der Waals surface area contributed by atoms with Gasteiger partial charge in [-0.25, -0.2) is 70.7 Å². The van der Waals surface area contributed by atoms with Crippen molar-refractivity contribution in [1.82, 2.24) is 42.1 Å². The maximum Gasteiger partial charge on any atom is 0.336 e. The summed E-state index contributed by atoms with van der Waals surface area (Å²) in [6.07, 6.45) is -7.10. The van der Waals surface area contributed by atoms with Gasteiger partial charge in [-0.05, 0) is 89.9 Å². The highest BCUT2D eigenvalue weighted by atomic mass is 16.6. The van der Waals surface area contributed by atoms with Crippen molar-refractivity contribution in [2.45, 2.75) is 237 Å². The molecule has 0 spiro atoms. The molecule has 2 saturated carbocycles. The molecule has 35 heteroatoms. The number of hydrogen-bond donors (Lipinski definition) is 5. The molecule has 2 aliphatic carbocycles. The Kier molecular flexibility index (Phi) is 24.3. The highest BCUT2D eigenvalue weighted by Gasteiger charge is 2.51. The number of carbonyl (C=O) groups is 6. The van der Waals surface area contributed by atoms with Gasteiger partial charge in [0.05, 0.1) is 152 Å². The average molecular weight is 1420 g/mol. The highest BCUT2D eigenvalue weighted by molar-refractivity contribution is 5.96. The molecule has 18 unspecified atom stereocenters. The van der Waals surface area contributed by atoms with Crippen molar-refractivity contribution in [3.63, 3.8) is 0 Å². The Labute approximate surface area is 574 Å². The number of urea groups is 2. The predicted octanol–water partition coefficient (Wildman–Crippen LogP) is -2.20. The molecule has 2 aromatic heterocycles. The normalized spacial score (nSPS) is 28.6. The van der Waals surface area contributed by atoms with Crippen molar-refractivity contribution in [2.24, 2.45) is 35.5 Å². The summed E-state index contributed by atoms with van der Waals surface area (Å²) in [5, 5.41) is 58.3. The van der Waals surface area contributed by atoms with E-state index in [0.29, 0.717) is 74.4 Å². The van der Waals surface area contributed by atoms with Crippen molar-refractivity contribution >= 4 is 35.9 Å². The van der Waals surface area contributed by atoms with Crippen molar-refractivity contribution < 1.29 is 96.9 Å². The van der Waals surface area contributed by atoms with Gasteiger partial charge in [0.1, 0.15) is 42.7 Å². The van der Waals surface area contributed by atoms with Gasteiger partial charge >= 0.3 is 70.1 Å². The van der Waals surface area contributed by atoms with Gasteiger partial charge in [0.25, 0.3) is 0 Å². The molecule has 4 amide bonds. The summed E-state index contributed by atoms with van der Waals surface area (Å²) in [6, 6.07) is -2.26. The summed E-state index contributed by atoms with van der Waals surface area (Å²) in [4.78, 5) is 169. The van der Waals surface area contributed by atoms with Gasteiger partial charge in [-0.3, -0.25) is 29.0 Å². The van der Waals surface area contributed by atoms with Crippen LogP contribution in [0.2, 0.25) is 0 Å². The number of amides is 4. The Morgan fingerprint density at radius 2 is 0.840 bits per heavy atom. The van der Waals surface area contributed by atoms with E-state index in [-0.39, 0.29) is 96.1 Å². The summed E-state index contributed by atoms with van der Waals surface area (Å²) in [5.74, 6) is -8.06. The number of rotatable bonds is 37. The zero-order valence-corrected chi connectivity index (χ0v) is 57.6. The number of esters is 4. The summed E-state index contributed by atoms with van der Waals surface area (Å²) in [5.41, 5.74) is -8.78. The molecule has 0 aromatic carbocycles. The van der Waals surface area contributed by atoms with Crippen molar-refractivity contribution in [2.75, 3.05) is 65.9 Å². The molecule has 0 bridgehead atoms. The Bertz CT molecular complexity index is 3570. The minimum Gasteiger partial charge on any atom is -0.463 e. The third-order valence-electron chi connectivity index (χ3n) is 20.2. The number of imide groups is 1. The van der Waals surface area contributed by atoms with E-state index in [9.17, 15) is 83.1 Å². The fourth-order valence-electron chi connectivity index (χ4n) is 13.7. The summed E-state index contributed by atoms with van der Waals surface area (Å²) in [6.45, 7) is 7.03. The van der Waals surface area contributed by atoms with Crippen LogP contribution in [0.4, 0.5) is 9.59 Å². The lowest BCUT2D eigenvalue weighted by atomic mass is 9.74. The van der Waals surface area contributed by atoms with Gasteiger partial charge in [0.15, 0.2) is 0 Å². The minimum absolute atomic E-state index is 0.00269. The standard InChI is InChI=1S/C65H97N9O26/c1-7-9-15-64(5,19-38(75)20-66-55(83)69(23-41-31-92-41)61(89)70(56(66)84)24-42-32-93-42)99-53(81)48-17-36(3)11-13-46(48)51(79)97-30-40(77)22-68-59(87)73(27-45-35-96-45)63(91)74(60(68)88)28-50(78)65(6,16-10-8-2)100-54(82)49-18-37(4)12-14-47(49)52(80)98-29-39(76)21-67-57(85)71(25-43-33-94-43)62(90)72(58(67)86)26-44-34-95-44/h36-50,63,75-78,91H,7-35H2,1-6H3. The summed E-state index contributed by atoms with van der Waals surface area (Å²) < 4.78 is 54.8. The van der Waals surface area contributed by atoms with E-state index >= 15 is 0 Å². The number of carbonyl (C=O) groups excluding carboxylic acids is 6.